The maximum absolute atomic E-state index is 12.5. The van der Waals surface area contributed by atoms with E-state index in [2.05, 4.69) is 15.3 Å². The van der Waals surface area contributed by atoms with Gasteiger partial charge in [0.25, 0.3) is 11.8 Å². The Balaban J connectivity index is 1.44. The van der Waals surface area contributed by atoms with Crippen molar-refractivity contribution in [1.29, 1.82) is 0 Å². The fourth-order valence-corrected chi connectivity index (χ4v) is 3.37. The Bertz CT molecular complexity index is 725. The number of piperidine rings is 1. The number of fused-ring (bicyclic) bond motifs is 1. The van der Waals surface area contributed by atoms with Crippen LogP contribution in [-0.4, -0.2) is 45.3 Å². The summed E-state index contributed by atoms with van der Waals surface area (Å²) in [6.45, 7) is 4.87. The largest absolute Gasteiger partial charge is 0.365 e. The summed E-state index contributed by atoms with van der Waals surface area (Å²) in [5.74, 6) is 1.97. The van der Waals surface area contributed by atoms with Gasteiger partial charge in [0.2, 0.25) is 0 Å². The number of aromatic nitrogens is 3. The van der Waals surface area contributed by atoms with Gasteiger partial charge >= 0.3 is 0 Å². The quantitative estimate of drug-likeness (QED) is 0.831. The highest BCUT2D eigenvalue weighted by Crippen LogP contribution is 2.40. The summed E-state index contributed by atoms with van der Waals surface area (Å²) in [5.41, 5.74) is 0.365. The first-order valence-corrected chi connectivity index (χ1v) is 7.78. The second-order valence-corrected chi connectivity index (χ2v) is 6.20. The van der Waals surface area contributed by atoms with Crippen LogP contribution in [0.2, 0.25) is 0 Å². The monoisotopic (exact) mass is 318 g/mol. The molecule has 2 aliphatic rings. The smallest absolute Gasteiger partial charge is 0.276 e. The lowest BCUT2D eigenvalue weighted by atomic mass is 9.92. The molecular formula is C15H18N4O4. The number of carbonyl (C=O) groups is 1. The molecular weight excluding hydrogens is 300 g/mol. The van der Waals surface area contributed by atoms with Crippen LogP contribution in [0, 0.1) is 19.8 Å². The molecule has 0 saturated carbocycles. The molecule has 8 heteroatoms. The molecule has 4 rings (SSSR count). The fraction of sp³-hybridized carbons (Fsp3) is 0.600. The van der Waals surface area contributed by atoms with Crippen molar-refractivity contribution in [2.24, 2.45) is 5.92 Å². The van der Waals surface area contributed by atoms with E-state index >= 15 is 0 Å². The zero-order chi connectivity index (χ0) is 16.0. The van der Waals surface area contributed by atoms with Gasteiger partial charge in [0, 0.05) is 25.1 Å². The molecule has 0 N–H and O–H groups in total. The number of amides is 1. The Morgan fingerprint density at radius 1 is 1.30 bits per heavy atom. The number of hydrogen-bond acceptors (Lipinski definition) is 7. The van der Waals surface area contributed by atoms with Crippen LogP contribution < -0.4 is 0 Å². The third kappa shape index (κ3) is 2.63. The summed E-state index contributed by atoms with van der Waals surface area (Å²) in [5, 5.41) is 7.63. The minimum atomic E-state index is -0.171. The van der Waals surface area contributed by atoms with E-state index in [0.717, 1.165) is 12.8 Å². The van der Waals surface area contributed by atoms with Crippen LogP contribution in [0.5, 0.6) is 0 Å². The molecule has 4 heterocycles. The van der Waals surface area contributed by atoms with E-state index in [1.807, 2.05) is 4.90 Å². The molecule has 0 bridgehead atoms. The standard InChI is InChI=1S/C15H18N4O4/c1-8-5-11(18-22-8)15(20)19-4-3-12-10(7-19)6-13(21-12)14-16-9(2)17-23-14/h5,10,12-13H,3-4,6-7H2,1-2H3/t10-,12-,13+/m1/s1. The Labute approximate surface area is 132 Å². The first kappa shape index (κ1) is 14.4. The second-order valence-electron chi connectivity index (χ2n) is 6.20. The van der Waals surface area contributed by atoms with Crippen molar-refractivity contribution in [3.8, 4) is 0 Å². The van der Waals surface area contributed by atoms with Crippen LogP contribution >= 0.6 is 0 Å². The lowest BCUT2D eigenvalue weighted by Gasteiger charge is -2.33. The van der Waals surface area contributed by atoms with Gasteiger partial charge in [0.1, 0.15) is 11.9 Å². The number of carbonyl (C=O) groups excluding carboxylic acids is 1. The molecule has 0 aromatic carbocycles. The molecule has 23 heavy (non-hydrogen) atoms. The molecule has 8 nitrogen and oxygen atoms in total. The van der Waals surface area contributed by atoms with Crippen molar-refractivity contribution in [3.63, 3.8) is 0 Å². The normalized spacial score (nSPS) is 27.2. The topological polar surface area (TPSA) is 94.5 Å². The van der Waals surface area contributed by atoms with Crippen molar-refractivity contribution in [2.45, 2.75) is 38.9 Å². The van der Waals surface area contributed by atoms with Gasteiger partial charge < -0.3 is 18.7 Å². The van der Waals surface area contributed by atoms with E-state index in [1.165, 1.54) is 0 Å². The third-order valence-corrected chi connectivity index (χ3v) is 4.47. The molecule has 2 aromatic heterocycles. The van der Waals surface area contributed by atoms with E-state index in [4.69, 9.17) is 13.8 Å². The molecule has 2 fully saturated rings. The second kappa shape index (κ2) is 5.45. The minimum Gasteiger partial charge on any atom is -0.365 e. The zero-order valence-electron chi connectivity index (χ0n) is 13.1. The summed E-state index contributed by atoms with van der Waals surface area (Å²) in [4.78, 5) is 18.6. The number of nitrogens with zero attached hydrogens (tertiary/aromatic N) is 4. The first-order chi connectivity index (χ1) is 11.1. The van der Waals surface area contributed by atoms with Crippen LogP contribution in [0.15, 0.2) is 15.1 Å². The van der Waals surface area contributed by atoms with Gasteiger partial charge in [-0.2, -0.15) is 4.98 Å². The first-order valence-electron chi connectivity index (χ1n) is 7.78. The zero-order valence-corrected chi connectivity index (χ0v) is 13.1. The highest BCUT2D eigenvalue weighted by molar-refractivity contribution is 5.92. The third-order valence-electron chi connectivity index (χ3n) is 4.47. The van der Waals surface area contributed by atoms with Gasteiger partial charge in [0.15, 0.2) is 11.5 Å². The van der Waals surface area contributed by atoms with E-state index in [1.54, 1.807) is 19.9 Å². The lowest BCUT2D eigenvalue weighted by molar-refractivity contribution is -0.00791. The summed E-state index contributed by atoms with van der Waals surface area (Å²) in [6, 6.07) is 1.67. The Morgan fingerprint density at radius 2 is 2.17 bits per heavy atom. The number of likely N-dealkylation sites (tertiary alicyclic amines) is 1. The van der Waals surface area contributed by atoms with Crippen LogP contribution in [-0.2, 0) is 4.74 Å². The molecule has 0 unspecified atom stereocenters. The Hall–Kier alpha value is -2.22. The number of hydrogen-bond donors (Lipinski definition) is 0. The molecule has 122 valence electrons. The van der Waals surface area contributed by atoms with Crippen LogP contribution in [0.4, 0.5) is 0 Å². The summed E-state index contributed by atoms with van der Waals surface area (Å²) in [6.07, 6.45) is 1.55. The van der Waals surface area contributed by atoms with Gasteiger partial charge in [0.05, 0.1) is 6.10 Å². The van der Waals surface area contributed by atoms with Crippen LogP contribution in [0.1, 0.15) is 46.9 Å². The van der Waals surface area contributed by atoms with Gasteiger partial charge in [-0.25, -0.2) is 0 Å². The SMILES string of the molecule is Cc1noc([C@@H]2C[C@@H]3CN(C(=O)c4cc(C)on4)CC[C@H]3O2)n1. The maximum Gasteiger partial charge on any atom is 0.276 e. The number of rotatable bonds is 2. The summed E-state index contributed by atoms with van der Waals surface area (Å²) in [7, 11) is 0. The maximum atomic E-state index is 12.5. The highest BCUT2D eigenvalue weighted by atomic mass is 16.5. The molecule has 0 aliphatic carbocycles. The fourth-order valence-electron chi connectivity index (χ4n) is 3.37. The predicted molar refractivity (Wildman–Crippen MR) is 76.5 cm³/mol. The Morgan fingerprint density at radius 3 is 2.87 bits per heavy atom. The van der Waals surface area contributed by atoms with Gasteiger partial charge in [-0.1, -0.05) is 10.3 Å². The molecule has 3 atom stereocenters. The summed E-state index contributed by atoms with van der Waals surface area (Å²) < 4.78 is 16.2. The predicted octanol–water partition coefficient (Wildman–Crippen LogP) is 1.67. The van der Waals surface area contributed by atoms with Crippen molar-refractivity contribution in [1.82, 2.24) is 20.2 Å². The van der Waals surface area contributed by atoms with E-state index in [0.29, 0.717) is 36.3 Å². The van der Waals surface area contributed by atoms with Crippen molar-refractivity contribution >= 4 is 5.91 Å². The lowest BCUT2D eigenvalue weighted by Crippen LogP contribution is -2.44. The molecule has 2 aromatic rings. The molecule has 2 saturated heterocycles. The highest BCUT2D eigenvalue weighted by Gasteiger charge is 2.43. The average Bonchev–Trinajstić information content (AvgIpc) is 3.24. The molecule has 0 radical (unpaired) electrons. The number of aryl methyl sites for hydroxylation is 2. The van der Waals surface area contributed by atoms with Crippen molar-refractivity contribution < 1.29 is 18.6 Å². The molecule has 1 amide bonds. The van der Waals surface area contributed by atoms with Gasteiger partial charge in [-0.05, 0) is 26.7 Å². The van der Waals surface area contributed by atoms with Crippen molar-refractivity contribution in [3.05, 3.63) is 29.2 Å². The van der Waals surface area contributed by atoms with Crippen LogP contribution in [0.3, 0.4) is 0 Å². The summed E-state index contributed by atoms with van der Waals surface area (Å²) >= 11 is 0. The van der Waals surface area contributed by atoms with E-state index in [9.17, 15) is 4.79 Å². The minimum absolute atomic E-state index is 0.0858. The average molecular weight is 318 g/mol. The van der Waals surface area contributed by atoms with Gasteiger partial charge in [-0.3, -0.25) is 4.79 Å². The Kier molecular flexibility index (Phi) is 3.41. The van der Waals surface area contributed by atoms with E-state index in [-0.39, 0.29) is 24.0 Å². The molecule has 0 spiro atoms. The number of ether oxygens (including phenoxy) is 1. The van der Waals surface area contributed by atoms with E-state index < -0.39 is 0 Å². The molecule has 2 aliphatic heterocycles. The van der Waals surface area contributed by atoms with Crippen LogP contribution in [0.25, 0.3) is 0 Å². The van der Waals surface area contributed by atoms with Crippen molar-refractivity contribution in [2.75, 3.05) is 13.1 Å². The van der Waals surface area contributed by atoms with Gasteiger partial charge in [-0.15, -0.1) is 0 Å².